The monoisotopic (exact) mass is 375 g/mol. The highest BCUT2D eigenvalue weighted by atomic mass is 16.6. The number of ether oxygens (including phenoxy) is 2. The minimum Gasteiger partial charge on any atom is -0.469 e. The third-order valence-electron chi connectivity index (χ3n) is 3.39. The zero-order chi connectivity index (χ0) is 20.4. The molecule has 4 N–H and O–H groups in total. The van der Waals surface area contributed by atoms with Crippen molar-refractivity contribution in [3.8, 4) is 0 Å². The number of hydrogen-bond acceptors (Lipinski definition) is 8. The van der Waals surface area contributed by atoms with Crippen molar-refractivity contribution in [1.82, 2.24) is 0 Å². The summed E-state index contributed by atoms with van der Waals surface area (Å²) in [6, 6.07) is 11.3. The van der Waals surface area contributed by atoms with Crippen LogP contribution in [-0.2, 0) is 31.9 Å². The van der Waals surface area contributed by atoms with Gasteiger partial charge in [0.25, 0.3) is 5.69 Å². The number of esters is 2. The fourth-order valence-corrected chi connectivity index (χ4v) is 2.06. The van der Waals surface area contributed by atoms with Crippen molar-refractivity contribution >= 4 is 29.0 Å². The van der Waals surface area contributed by atoms with Crippen LogP contribution in [0.5, 0.6) is 0 Å². The number of nitro groups is 1. The van der Waals surface area contributed by atoms with E-state index < -0.39 is 10.9 Å². The molecule has 0 amide bonds. The molecule has 2 aromatic carbocycles. The molecule has 144 valence electrons. The Morgan fingerprint density at radius 3 is 1.96 bits per heavy atom. The number of nitrogens with zero attached hydrogens (tertiary/aromatic N) is 1. The summed E-state index contributed by atoms with van der Waals surface area (Å²) in [5, 5.41) is 10.4. The van der Waals surface area contributed by atoms with E-state index >= 15 is 0 Å². The summed E-state index contributed by atoms with van der Waals surface area (Å²) >= 11 is 0. The van der Waals surface area contributed by atoms with Crippen molar-refractivity contribution in [2.24, 2.45) is 0 Å². The van der Waals surface area contributed by atoms with Crippen molar-refractivity contribution in [3.63, 3.8) is 0 Å². The normalized spacial score (nSPS) is 9.56. The van der Waals surface area contributed by atoms with Crippen LogP contribution >= 0.6 is 0 Å². The lowest BCUT2D eigenvalue weighted by atomic mass is 10.1. The first-order chi connectivity index (χ1) is 12.8. The van der Waals surface area contributed by atoms with E-state index in [1.54, 1.807) is 12.1 Å². The van der Waals surface area contributed by atoms with Crippen LogP contribution in [0.4, 0.5) is 17.1 Å². The molecule has 0 spiro atoms. The molecule has 2 aromatic rings. The molecule has 0 aliphatic carbocycles. The molecule has 0 unspecified atom stereocenters. The lowest BCUT2D eigenvalue weighted by Gasteiger charge is -2.01. The van der Waals surface area contributed by atoms with Crippen LogP contribution < -0.4 is 11.5 Å². The van der Waals surface area contributed by atoms with Crippen molar-refractivity contribution in [2.45, 2.75) is 12.8 Å². The van der Waals surface area contributed by atoms with Gasteiger partial charge in [0.05, 0.1) is 32.0 Å². The summed E-state index contributed by atoms with van der Waals surface area (Å²) in [5.41, 5.74) is 13.0. The number of hydrogen-bond donors (Lipinski definition) is 2. The number of carbonyl (C=O) groups is 2. The zero-order valence-electron chi connectivity index (χ0n) is 15.0. The number of carbonyl (C=O) groups excluding carboxylic acids is 2. The van der Waals surface area contributed by atoms with E-state index in [0.29, 0.717) is 11.3 Å². The van der Waals surface area contributed by atoms with E-state index in [9.17, 15) is 19.7 Å². The molecule has 0 bridgehead atoms. The summed E-state index contributed by atoms with van der Waals surface area (Å²) in [4.78, 5) is 31.6. The minimum absolute atomic E-state index is 0.0430. The number of nitrogens with two attached hydrogens (primary N) is 2. The number of methoxy groups -OCH3 is 2. The first-order valence-electron chi connectivity index (χ1n) is 7.77. The largest absolute Gasteiger partial charge is 0.469 e. The third-order valence-corrected chi connectivity index (χ3v) is 3.39. The lowest BCUT2D eigenvalue weighted by molar-refractivity contribution is -0.383. The van der Waals surface area contributed by atoms with Gasteiger partial charge in [-0.2, -0.15) is 0 Å². The van der Waals surface area contributed by atoms with Gasteiger partial charge >= 0.3 is 11.9 Å². The molecule has 0 heterocycles. The molecular formula is C18H21N3O6. The van der Waals surface area contributed by atoms with E-state index in [1.165, 1.54) is 32.4 Å². The molecule has 0 saturated heterocycles. The predicted molar refractivity (Wildman–Crippen MR) is 99.8 cm³/mol. The zero-order valence-corrected chi connectivity index (χ0v) is 15.0. The fourth-order valence-electron chi connectivity index (χ4n) is 2.06. The average Bonchev–Trinajstić information content (AvgIpc) is 2.61. The lowest BCUT2D eigenvalue weighted by Crippen LogP contribution is -2.05. The molecule has 0 aliphatic heterocycles. The third kappa shape index (κ3) is 7.43. The standard InChI is InChI=1S/C9H10N2O4.C9H11NO2/c1-15-9(12)5-6-2-3-8(11(13)14)7(10)4-6;1-12-9(11)6-7-3-2-4-8(10)5-7/h2-4H,5,10H2,1H3;2-5H,6,10H2,1H3. The summed E-state index contributed by atoms with van der Waals surface area (Å²) in [5.74, 6) is -0.663. The van der Waals surface area contributed by atoms with Gasteiger partial charge in [-0.3, -0.25) is 19.7 Å². The van der Waals surface area contributed by atoms with Crippen LogP contribution in [0.25, 0.3) is 0 Å². The smallest absolute Gasteiger partial charge is 0.309 e. The predicted octanol–water partition coefficient (Wildman–Crippen LogP) is 1.88. The van der Waals surface area contributed by atoms with Crippen LogP contribution in [0, 0.1) is 10.1 Å². The molecule has 0 atom stereocenters. The molecule has 0 fully saturated rings. The van der Waals surface area contributed by atoms with Gasteiger partial charge in [0.1, 0.15) is 5.69 Å². The number of nitrogen functional groups attached to an aromatic ring is 2. The second-order valence-corrected chi connectivity index (χ2v) is 5.40. The molecule has 9 nitrogen and oxygen atoms in total. The van der Waals surface area contributed by atoms with Crippen LogP contribution in [0.3, 0.4) is 0 Å². The Bertz CT molecular complexity index is 822. The Morgan fingerprint density at radius 2 is 1.52 bits per heavy atom. The quantitative estimate of drug-likeness (QED) is 0.348. The molecule has 9 heteroatoms. The Labute approximate surface area is 156 Å². The van der Waals surface area contributed by atoms with Crippen LogP contribution in [0.15, 0.2) is 42.5 Å². The van der Waals surface area contributed by atoms with E-state index in [1.807, 2.05) is 12.1 Å². The molecule has 2 rings (SSSR count). The SMILES string of the molecule is COC(=O)Cc1ccc([N+](=O)[O-])c(N)c1.COC(=O)Cc1cccc(N)c1. The topological polar surface area (TPSA) is 148 Å². The molecule has 0 aromatic heterocycles. The molecule has 0 radical (unpaired) electrons. The van der Waals surface area contributed by atoms with Gasteiger partial charge in [-0.1, -0.05) is 18.2 Å². The maximum Gasteiger partial charge on any atom is 0.309 e. The minimum atomic E-state index is -0.572. The molecular weight excluding hydrogens is 354 g/mol. The summed E-state index contributed by atoms with van der Waals surface area (Å²) in [7, 11) is 2.64. The molecule has 27 heavy (non-hydrogen) atoms. The molecule has 0 aliphatic rings. The Kier molecular flexibility index (Phi) is 8.24. The van der Waals surface area contributed by atoms with Crippen molar-refractivity contribution in [2.75, 3.05) is 25.7 Å². The van der Waals surface area contributed by atoms with Gasteiger partial charge in [-0.25, -0.2) is 0 Å². The number of rotatable bonds is 5. The van der Waals surface area contributed by atoms with Crippen LogP contribution in [0.2, 0.25) is 0 Å². The van der Waals surface area contributed by atoms with E-state index in [2.05, 4.69) is 9.47 Å². The number of nitro benzene ring substituents is 1. The summed E-state index contributed by atoms with van der Waals surface area (Å²) < 4.78 is 8.97. The van der Waals surface area contributed by atoms with Crippen molar-refractivity contribution in [1.29, 1.82) is 0 Å². The summed E-state index contributed by atoms with van der Waals surface area (Å²) in [6.45, 7) is 0. The number of anilines is 2. The highest BCUT2D eigenvalue weighted by Gasteiger charge is 2.12. The van der Waals surface area contributed by atoms with E-state index in [-0.39, 0.29) is 30.2 Å². The maximum absolute atomic E-state index is 10.9. The summed E-state index contributed by atoms with van der Waals surface area (Å²) in [6.07, 6.45) is 0.334. The van der Waals surface area contributed by atoms with Gasteiger partial charge in [-0.15, -0.1) is 0 Å². The highest BCUT2D eigenvalue weighted by Crippen LogP contribution is 2.22. The van der Waals surface area contributed by atoms with Gasteiger partial charge in [0.2, 0.25) is 0 Å². The van der Waals surface area contributed by atoms with Gasteiger partial charge < -0.3 is 20.9 Å². The average molecular weight is 375 g/mol. The first kappa shape index (κ1) is 21.4. The van der Waals surface area contributed by atoms with Crippen molar-refractivity contribution < 1.29 is 24.0 Å². The van der Waals surface area contributed by atoms with Gasteiger partial charge in [-0.05, 0) is 29.3 Å². The Balaban J connectivity index is 0.000000277. The maximum atomic E-state index is 10.9. The Hall–Kier alpha value is -3.62. The van der Waals surface area contributed by atoms with Gasteiger partial charge in [0, 0.05) is 11.8 Å². The van der Waals surface area contributed by atoms with Crippen LogP contribution in [0.1, 0.15) is 11.1 Å². The van der Waals surface area contributed by atoms with Gasteiger partial charge in [0.15, 0.2) is 0 Å². The Morgan fingerprint density at radius 1 is 0.963 bits per heavy atom. The van der Waals surface area contributed by atoms with E-state index in [0.717, 1.165) is 5.56 Å². The number of benzene rings is 2. The second kappa shape index (κ2) is 10.4. The van der Waals surface area contributed by atoms with Crippen molar-refractivity contribution in [3.05, 3.63) is 63.7 Å². The fraction of sp³-hybridized carbons (Fsp3) is 0.222. The van der Waals surface area contributed by atoms with Crippen LogP contribution in [-0.4, -0.2) is 31.1 Å². The highest BCUT2D eigenvalue weighted by molar-refractivity contribution is 5.74. The molecule has 0 saturated carbocycles. The second-order valence-electron chi connectivity index (χ2n) is 5.40. The van der Waals surface area contributed by atoms with E-state index in [4.69, 9.17) is 11.5 Å². The first-order valence-corrected chi connectivity index (χ1v) is 7.77.